The lowest BCUT2D eigenvalue weighted by Gasteiger charge is -2.15. The SMILES string of the molecule is CSc1ccc(C(=O)O[C@@H](C)C(=O)Nc2ccccc2C(C)=O)cc1. The highest BCUT2D eigenvalue weighted by Gasteiger charge is 2.20. The van der Waals surface area contributed by atoms with Crippen LogP contribution in [0.2, 0.25) is 0 Å². The van der Waals surface area contributed by atoms with Crippen LogP contribution in [-0.2, 0) is 9.53 Å². The van der Waals surface area contributed by atoms with E-state index in [1.807, 2.05) is 18.4 Å². The van der Waals surface area contributed by atoms with Crippen LogP contribution in [0.5, 0.6) is 0 Å². The van der Waals surface area contributed by atoms with E-state index in [1.54, 1.807) is 48.2 Å². The minimum Gasteiger partial charge on any atom is -0.449 e. The number of ketones is 1. The smallest absolute Gasteiger partial charge is 0.338 e. The molecule has 2 rings (SSSR count). The lowest BCUT2D eigenvalue weighted by atomic mass is 10.1. The zero-order valence-electron chi connectivity index (χ0n) is 14.2. The van der Waals surface area contributed by atoms with Gasteiger partial charge in [0.15, 0.2) is 11.9 Å². The van der Waals surface area contributed by atoms with E-state index in [9.17, 15) is 14.4 Å². The third-order valence-electron chi connectivity index (χ3n) is 3.54. The number of Topliss-reactive ketones (excluding diaryl/α,β-unsaturated/α-hetero) is 1. The third kappa shape index (κ3) is 4.93. The molecule has 0 saturated heterocycles. The number of hydrogen-bond donors (Lipinski definition) is 1. The number of carbonyl (C=O) groups excluding carboxylic acids is 3. The fourth-order valence-electron chi connectivity index (χ4n) is 2.14. The van der Waals surface area contributed by atoms with Gasteiger partial charge in [-0.05, 0) is 56.5 Å². The molecule has 1 amide bonds. The van der Waals surface area contributed by atoms with Crippen LogP contribution in [0.25, 0.3) is 0 Å². The summed E-state index contributed by atoms with van der Waals surface area (Å²) in [4.78, 5) is 37.0. The summed E-state index contributed by atoms with van der Waals surface area (Å²) >= 11 is 1.57. The molecule has 0 unspecified atom stereocenters. The van der Waals surface area contributed by atoms with Crippen LogP contribution in [-0.4, -0.2) is 30.0 Å². The van der Waals surface area contributed by atoms with Crippen molar-refractivity contribution >= 4 is 35.1 Å². The van der Waals surface area contributed by atoms with E-state index in [-0.39, 0.29) is 5.78 Å². The summed E-state index contributed by atoms with van der Waals surface area (Å²) in [7, 11) is 0. The summed E-state index contributed by atoms with van der Waals surface area (Å²) in [5.41, 5.74) is 1.18. The molecule has 0 heterocycles. The van der Waals surface area contributed by atoms with Crippen molar-refractivity contribution in [2.75, 3.05) is 11.6 Å². The first-order valence-electron chi connectivity index (χ1n) is 7.68. The van der Waals surface area contributed by atoms with E-state index < -0.39 is 18.0 Å². The van der Waals surface area contributed by atoms with Gasteiger partial charge in [0.25, 0.3) is 5.91 Å². The zero-order chi connectivity index (χ0) is 18.4. The first-order chi connectivity index (χ1) is 11.9. The molecule has 1 N–H and O–H groups in total. The standard InChI is InChI=1S/C19H19NO4S/c1-12(21)16-6-4-5-7-17(16)20-18(22)13(2)24-19(23)14-8-10-15(25-3)11-9-14/h4-11,13H,1-3H3,(H,20,22)/t13-/m0/s1. The fourth-order valence-corrected chi connectivity index (χ4v) is 2.55. The van der Waals surface area contributed by atoms with Crippen molar-refractivity contribution in [2.24, 2.45) is 0 Å². The molecule has 2 aromatic carbocycles. The summed E-state index contributed by atoms with van der Waals surface area (Å²) < 4.78 is 5.20. The maximum absolute atomic E-state index is 12.3. The van der Waals surface area contributed by atoms with E-state index in [4.69, 9.17) is 4.74 Å². The van der Waals surface area contributed by atoms with E-state index >= 15 is 0 Å². The molecule has 0 aliphatic heterocycles. The molecular formula is C19H19NO4S. The summed E-state index contributed by atoms with van der Waals surface area (Å²) in [6.45, 7) is 2.91. The highest BCUT2D eigenvalue weighted by atomic mass is 32.2. The first-order valence-corrected chi connectivity index (χ1v) is 8.90. The van der Waals surface area contributed by atoms with Crippen molar-refractivity contribution in [3.8, 4) is 0 Å². The number of hydrogen-bond acceptors (Lipinski definition) is 5. The van der Waals surface area contributed by atoms with Gasteiger partial charge in [0.1, 0.15) is 0 Å². The average molecular weight is 357 g/mol. The Kier molecular flexibility index (Phi) is 6.36. The molecule has 0 fully saturated rings. The second-order valence-electron chi connectivity index (χ2n) is 5.37. The van der Waals surface area contributed by atoms with E-state index in [0.29, 0.717) is 16.8 Å². The monoisotopic (exact) mass is 357 g/mol. The molecule has 5 nitrogen and oxygen atoms in total. The van der Waals surface area contributed by atoms with Crippen LogP contribution < -0.4 is 5.32 Å². The first kappa shape index (κ1) is 18.7. The number of nitrogens with one attached hydrogen (secondary N) is 1. The number of para-hydroxylation sites is 1. The van der Waals surface area contributed by atoms with Crippen LogP contribution in [0.4, 0.5) is 5.69 Å². The minimum atomic E-state index is -0.993. The molecule has 0 saturated carbocycles. The maximum atomic E-state index is 12.3. The van der Waals surface area contributed by atoms with Crippen LogP contribution in [0.15, 0.2) is 53.4 Å². The highest BCUT2D eigenvalue weighted by Crippen LogP contribution is 2.17. The van der Waals surface area contributed by atoms with Gasteiger partial charge >= 0.3 is 5.97 Å². The summed E-state index contributed by atoms with van der Waals surface area (Å²) in [5.74, 6) is -1.23. The Hall–Kier alpha value is -2.60. The Morgan fingerprint density at radius 3 is 2.28 bits per heavy atom. The molecule has 130 valence electrons. The Bertz CT molecular complexity index is 786. The molecule has 0 aromatic heterocycles. The molecule has 0 radical (unpaired) electrons. The Labute approximate surface area is 150 Å². The predicted molar refractivity (Wildman–Crippen MR) is 98.2 cm³/mol. The highest BCUT2D eigenvalue weighted by molar-refractivity contribution is 7.98. The predicted octanol–water partition coefficient (Wildman–Crippen LogP) is 3.80. The summed E-state index contributed by atoms with van der Waals surface area (Å²) in [6.07, 6.45) is 0.950. The molecule has 1 atom stereocenters. The van der Waals surface area contributed by atoms with Gasteiger partial charge in [-0.25, -0.2) is 4.79 Å². The molecule has 25 heavy (non-hydrogen) atoms. The zero-order valence-corrected chi connectivity index (χ0v) is 15.1. The molecule has 0 aliphatic rings. The Morgan fingerprint density at radius 2 is 1.68 bits per heavy atom. The number of carbonyl (C=O) groups is 3. The molecule has 0 aliphatic carbocycles. The quantitative estimate of drug-likeness (QED) is 0.484. The van der Waals surface area contributed by atoms with Gasteiger partial charge in [-0.1, -0.05) is 12.1 Å². The summed E-state index contributed by atoms with van der Waals surface area (Å²) in [6, 6.07) is 13.6. The van der Waals surface area contributed by atoms with Crippen molar-refractivity contribution in [3.63, 3.8) is 0 Å². The average Bonchev–Trinajstić information content (AvgIpc) is 2.61. The van der Waals surface area contributed by atoms with E-state index in [1.165, 1.54) is 13.8 Å². The molecule has 2 aromatic rings. The van der Waals surface area contributed by atoms with Gasteiger partial charge in [-0.2, -0.15) is 0 Å². The normalized spacial score (nSPS) is 11.5. The van der Waals surface area contributed by atoms with Crippen LogP contribution in [0.1, 0.15) is 34.6 Å². The van der Waals surface area contributed by atoms with Gasteiger partial charge in [0.2, 0.25) is 0 Å². The van der Waals surface area contributed by atoms with E-state index in [2.05, 4.69) is 5.32 Å². The lowest BCUT2D eigenvalue weighted by Crippen LogP contribution is -2.30. The Balaban J connectivity index is 2.02. The third-order valence-corrected chi connectivity index (χ3v) is 4.29. The number of rotatable bonds is 6. The largest absolute Gasteiger partial charge is 0.449 e. The number of ether oxygens (including phenoxy) is 1. The number of esters is 1. The van der Waals surface area contributed by atoms with Crippen LogP contribution in [0.3, 0.4) is 0 Å². The topological polar surface area (TPSA) is 72.5 Å². The van der Waals surface area contributed by atoms with E-state index in [0.717, 1.165) is 4.90 Å². The number of amides is 1. The molecule has 0 spiro atoms. The molecule has 0 bridgehead atoms. The summed E-state index contributed by atoms with van der Waals surface area (Å²) in [5, 5.41) is 2.63. The Morgan fingerprint density at radius 1 is 1.04 bits per heavy atom. The van der Waals surface area contributed by atoms with Crippen molar-refractivity contribution in [1.29, 1.82) is 0 Å². The van der Waals surface area contributed by atoms with Gasteiger partial charge in [-0.15, -0.1) is 11.8 Å². The van der Waals surface area contributed by atoms with Gasteiger partial charge in [0.05, 0.1) is 11.3 Å². The molecular weight excluding hydrogens is 338 g/mol. The maximum Gasteiger partial charge on any atom is 0.338 e. The molecule has 6 heteroatoms. The van der Waals surface area contributed by atoms with Gasteiger partial charge < -0.3 is 10.1 Å². The number of thioether (sulfide) groups is 1. The van der Waals surface area contributed by atoms with Crippen LogP contribution in [0, 0.1) is 0 Å². The van der Waals surface area contributed by atoms with Gasteiger partial charge in [-0.3, -0.25) is 9.59 Å². The lowest BCUT2D eigenvalue weighted by molar-refractivity contribution is -0.123. The van der Waals surface area contributed by atoms with Gasteiger partial charge in [0, 0.05) is 10.5 Å². The fraction of sp³-hybridized carbons (Fsp3) is 0.211. The van der Waals surface area contributed by atoms with Crippen molar-refractivity contribution in [3.05, 3.63) is 59.7 Å². The number of benzene rings is 2. The van der Waals surface area contributed by atoms with Crippen LogP contribution >= 0.6 is 11.8 Å². The van der Waals surface area contributed by atoms with Crippen molar-refractivity contribution in [2.45, 2.75) is 24.8 Å². The second kappa shape index (κ2) is 8.48. The number of anilines is 1. The second-order valence-corrected chi connectivity index (χ2v) is 6.25. The minimum absolute atomic E-state index is 0.158. The van der Waals surface area contributed by atoms with Crippen molar-refractivity contribution < 1.29 is 19.1 Å². The van der Waals surface area contributed by atoms with Crippen molar-refractivity contribution in [1.82, 2.24) is 0 Å².